The number of nitrogens with zero attached hydrogens (tertiary/aromatic N) is 1. The number of aromatic nitrogens is 1. The van der Waals surface area contributed by atoms with Crippen LogP contribution in [0.3, 0.4) is 0 Å². The molecule has 1 N–H and O–H groups in total. The smallest absolute Gasteiger partial charge is 0.416 e. The maximum Gasteiger partial charge on any atom is 0.416 e. The number of halogens is 5. The lowest BCUT2D eigenvalue weighted by molar-refractivity contribution is -0.137. The molecule has 2 aromatic carbocycles. The first-order valence-corrected chi connectivity index (χ1v) is 10.3. The molecule has 0 aliphatic heterocycles. The molecule has 1 heterocycles. The van der Waals surface area contributed by atoms with E-state index in [0.717, 1.165) is 29.7 Å². The van der Waals surface area contributed by atoms with E-state index in [9.17, 15) is 31.9 Å². The Bertz CT molecular complexity index is 1280. The van der Waals surface area contributed by atoms with Gasteiger partial charge in [-0.2, -0.15) is 13.2 Å². The maximum absolute atomic E-state index is 14.2. The third-order valence-corrected chi connectivity index (χ3v) is 5.53. The summed E-state index contributed by atoms with van der Waals surface area (Å²) >= 11 is 0. The minimum atomic E-state index is -4.66. The molecule has 3 aromatic rings. The van der Waals surface area contributed by atoms with Crippen molar-refractivity contribution in [2.45, 2.75) is 32.0 Å². The lowest BCUT2D eigenvalue weighted by atomic mass is 9.98. The number of ether oxygens (including phenoxy) is 1. The van der Waals surface area contributed by atoms with Crippen LogP contribution in [0.15, 0.2) is 54.6 Å². The lowest BCUT2D eigenvalue weighted by Gasteiger charge is -2.15. The molecular weight excluding hydrogens is 457 g/mol. The normalized spacial score (nSPS) is 13.9. The summed E-state index contributed by atoms with van der Waals surface area (Å²) in [5, 5.41) is 9.24. The van der Waals surface area contributed by atoms with Crippen molar-refractivity contribution in [2.24, 2.45) is 0 Å². The molecule has 4 nitrogen and oxygen atoms in total. The summed E-state index contributed by atoms with van der Waals surface area (Å²) in [6.45, 7) is -0.363. The van der Waals surface area contributed by atoms with Gasteiger partial charge >= 0.3 is 12.1 Å². The summed E-state index contributed by atoms with van der Waals surface area (Å²) in [6, 6.07) is 10.6. The van der Waals surface area contributed by atoms with Crippen molar-refractivity contribution in [2.75, 3.05) is 0 Å². The van der Waals surface area contributed by atoms with Gasteiger partial charge in [0.2, 0.25) is 0 Å². The molecule has 34 heavy (non-hydrogen) atoms. The molecule has 4 rings (SSSR count). The third kappa shape index (κ3) is 4.93. The van der Waals surface area contributed by atoms with Crippen LogP contribution >= 0.6 is 0 Å². The summed E-state index contributed by atoms with van der Waals surface area (Å²) < 4.78 is 72.4. The van der Waals surface area contributed by atoms with E-state index in [1.54, 1.807) is 12.1 Å². The summed E-state index contributed by atoms with van der Waals surface area (Å²) in [7, 11) is 0. The Morgan fingerprint density at radius 3 is 2.47 bits per heavy atom. The molecule has 1 aliphatic rings. The van der Waals surface area contributed by atoms with E-state index in [4.69, 9.17) is 4.74 Å². The topological polar surface area (TPSA) is 59.4 Å². The van der Waals surface area contributed by atoms with E-state index in [1.807, 2.05) is 0 Å². The second-order valence-electron chi connectivity index (χ2n) is 7.76. The summed E-state index contributed by atoms with van der Waals surface area (Å²) in [6.07, 6.45) is -2.79. The fraction of sp³-hybridized carbons (Fsp3) is 0.200. The third-order valence-electron chi connectivity index (χ3n) is 5.53. The van der Waals surface area contributed by atoms with E-state index >= 15 is 0 Å². The molecule has 1 aromatic heterocycles. The van der Waals surface area contributed by atoms with Gasteiger partial charge in [0.1, 0.15) is 29.7 Å². The number of hydrogen-bond acceptors (Lipinski definition) is 3. The minimum absolute atomic E-state index is 0.0836. The first-order valence-electron chi connectivity index (χ1n) is 10.3. The van der Waals surface area contributed by atoms with Gasteiger partial charge in [-0.1, -0.05) is 12.1 Å². The zero-order valence-corrected chi connectivity index (χ0v) is 17.6. The van der Waals surface area contributed by atoms with Crippen molar-refractivity contribution in [1.29, 1.82) is 0 Å². The predicted molar refractivity (Wildman–Crippen MR) is 114 cm³/mol. The molecule has 0 saturated carbocycles. The van der Waals surface area contributed by atoms with Crippen LogP contribution in [-0.4, -0.2) is 16.1 Å². The summed E-state index contributed by atoms with van der Waals surface area (Å²) in [5.41, 5.74) is 1.02. The number of carboxylic acids is 1. The van der Waals surface area contributed by atoms with Crippen LogP contribution in [-0.2, 0) is 12.8 Å². The van der Waals surface area contributed by atoms with Crippen LogP contribution < -0.4 is 4.74 Å². The monoisotopic (exact) mass is 475 g/mol. The van der Waals surface area contributed by atoms with Gasteiger partial charge < -0.3 is 9.84 Å². The second kappa shape index (κ2) is 9.24. The number of pyridine rings is 1. The van der Waals surface area contributed by atoms with Crippen molar-refractivity contribution in [3.63, 3.8) is 0 Å². The number of hydrogen-bond donors (Lipinski definition) is 1. The molecule has 1 aliphatic carbocycles. The number of carbonyl (C=O) groups is 1. The van der Waals surface area contributed by atoms with Gasteiger partial charge in [-0.3, -0.25) is 0 Å². The van der Waals surface area contributed by atoms with Gasteiger partial charge in [0.05, 0.1) is 11.3 Å². The molecule has 0 fully saturated rings. The van der Waals surface area contributed by atoms with Gasteiger partial charge in [0.15, 0.2) is 0 Å². The number of aromatic carboxylic acids is 1. The maximum atomic E-state index is 14.2. The SMILES string of the molecule is O=C(O)c1cccc(C2=C(c3cc(F)ccc3OCc3ccc(C(F)(F)F)cc3F)CCC2)n1. The van der Waals surface area contributed by atoms with Gasteiger partial charge in [0, 0.05) is 11.1 Å². The number of carboxylic acid groups (broad SMARTS) is 1. The number of benzene rings is 2. The van der Waals surface area contributed by atoms with Crippen LogP contribution in [0, 0.1) is 11.6 Å². The highest BCUT2D eigenvalue weighted by Gasteiger charge is 2.31. The lowest BCUT2D eigenvalue weighted by Crippen LogP contribution is -2.07. The Hall–Kier alpha value is -3.75. The summed E-state index contributed by atoms with van der Waals surface area (Å²) in [4.78, 5) is 15.5. The highest BCUT2D eigenvalue weighted by molar-refractivity contribution is 5.94. The average Bonchev–Trinajstić information content (AvgIpc) is 3.28. The Morgan fingerprint density at radius 1 is 1.00 bits per heavy atom. The van der Waals surface area contributed by atoms with E-state index < -0.39 is 29.3 Å². The molecule has 0 amide bonds. The highest BCUT2D eigenvalue weighted by atomic mass is 19.4. The fourth-order valence-corrected chi connectivity index (χ4v) is 3.91. The van der Waals surface area contributed by atoms with Crippen molar-refractivity contribution in [3.05, 3.63) is 94.3 Å². The molecule has 0 spiro atoms. The average molecular weight is 475 g/mol. The van der Waals surface area contributed by atoms with E-state index in [1.165, 1.54) is 24.3 Å². The van der Waals surface area contributed by atoms with Gasteiger partial charge in [0.25, 0.3) is 0 Å². The van der Waals surface area contributed by atoms with E-state index in [2.05, 4.69) is 4.98 Å². The molecule has 0 bridgehead atoms. The molecule has 0 unspecified atom stereocenters. The number of allylic oxidation sites excluding steroid dienone is 2. The zero-order valence-electron chi connectivity index (χ0n) is 17.6. The molecule has 0 saturated heterocycles. The van der Waals surface area contributed by atoms with Crippen LogP contribution in [0.1, 0.15) is 52.1 Å². The standard InChI is InChI=1S/C25H18F5NO3/c26-16-9-10-23(34-13-14-7-8-15(11-20(14)27)25(28,29)30)19(12-16)17-3-1-4-18(17)21-5-2-6-22(31-21)24(32)33/h2,5-12H,1,3-4,13H2,(H,32,33). The van der Waals surface area contributed by atoms with Gasteiger partial charge in [-0.05, 0) is 72.9 Å². The summed E-state index contributed by atoms with van der Waals surface area (Å²) in [5.74, 6) is -2.54. The molecule has 9 heteroatoms. The van der Waals surface area contributed by atoms with Crippen molar-refractivity contribution in [3.8, 4) is 5.75 Å². The number of alkyl halides is 3. The van der Waals surface area contributed by atoms with Crippen molar-refractivity contribution < 1.29 is 36.6 Å². The van der Waals surface area contributed by atoms with Crippen LogP contribution in [0.4, 0.5) is 22.0 Å². The first kappa shape index (κ1) is 23.4. The molecule has 0 atom stereocenters. The van der Waals surface area contributed by atoms with E-state index in [-0.39, 0.29) is 23.6 Å². The number of rotatable bonds is 6. The predicted octanol–water partition coefficient (Wildman–Crippen LogP) is 6.75. The Kier molecular flexibility index (Phi) is 6.37. The second-order valence-corrected chi connectivity index (χ2v) is 7.76. The minimum Gasteiger partial charge on any atom is -0.488 e. The zero-order chi connectivity index (χ0) is 24.5. The Balaban J connectivity index is 1.67. The van der Waals surface area contributed by atoms with Gasteiger partial charge in [-0.25, -0.2) is 18.6 Å². The van der Waals surface area contributed by atoms with E-state index in [0.29, 0.717) is 30.2 Å². The van der Waals surface area contributed by atoms with Gasteiger partial charge in [-0.15, -0.1) is 0 Å². The first-order chi connectivity index (χ1) is 16.1. The molecule has 176 valence electrons. The van der Waals surface area contributed by atoms with Crippen LogP contribution in [0.2, 0.25) is 0 Å². The quantitative estimate of drug-likeness (QED) is 0.401. The molecular formula is C25H18F5NO3. The Morgan fingerprint density at radius 2 is 1.76 bits per heavy atom. The highest BCUT2D eigenvalue weighted by Crippen LogP contribution is 2.42. The van der Waals surface area contributed by atoms with Crippen molar-refractivity contribution >= 4 is 17.1 Å². The fourth-order valence-electron chi connectivity index (χ4n) is 3.91. The molecule has 0 radical (unpaired) electrons. The van der Waals surface area contributed by atoms with Crippen LogP contribution in [0.5, 0.6) is 5.75 Å². The largest absolute Gasteiger partial charge is 0.488 e. The van der Waals surface area contributed by atoms with Crippen molar-refractivity contribution in [1.82, 2.24) is 4.98 Å². The van der Waals surface area contributed by atoms with Crippen LogP contribution in [0.25, 0.3) is 11.1 Å². The Labute approximate surface area is 191 Å².